The lowest BCUT2D eigenvalue weighted by Crippen LogP contribution is -2.15. The van der Waals surface area contributed by atoms with Gasteiger partial charge >= 0.3 is 0 Å². The number of hydrogen-bond acceptors (Lipinski definition) is 4. The lowest BCUT2D eigenvalue weighted by molar-refractivity contribution is 1.13. The van der Waals surface area contributed by atoms with Crippen molar-refractivity contribution in [3.05, 3.63) is 69.1 Å². The summed E-state index contributed by atoms with van der Waals surface area (Å²) in [5, 5.41) is 13.0. The quantitative estimate of drug-likeness (QED) is 0.779. The Morgan fingerprint density at radius 2 is 2.05 bits per heavy atom. The number of benzene rings is 1. The van der Waals surface area contributed by atoms with Gasteiger partial charge in [0.25, 0.3) is 5.56 Å². The molecule has 0 amide bonds. The van der Waals surface area contributed by atoms with Crippen molar-refractivity contribution in [3.63, 3.8) is 0 Å². The molecule has 2 N–H and O–H groups in total. The molecule has 108 valence electrons. The minimum Gasteiger partial charge on any atom is -0.378 e. The first-order valence-electron chi connectivity index (χ1n) is 6.58. The highest BCUT2D eigenvalue weighted by molar-refractivity contribution is 6.30. The molecule has 0 spiro atoms. The van der Waals surface area contributed by atoms with Gasteiger partial charge < -0.3 is 10.3 Å². The highest BCUT2D eigenvalue weighted by Gasteiger charge is 2.13. The van der Waals surface area contributed by atoms with Gasteiger partial charge in [-0.2, -0.15) is 5.26 Å². The summed E-state index contributed by atoms with van der Waals surface area (Å²) in [6, 6.07) is 12.7. The fourth-order valence-electron chi connectivity index (χ4n) is 2.19. The number of nitrogens with one attached hydrogen (secondary N) is 2. The minimum atomic E-state index is -0.429. The van der Waals surface area contributed by atoms with Crippen LogP contribution in [0, 0.1) is 11.3 Å². The fourth-order valence-corrected chi connectivity index (χ4v) is 2.32. The Kier molecular flexibility index (Phi) is 3.77. The largest absolute Gasteiger partial charge is 0.378 e. The standard InChI is InChI=1S/C16H11ClN4O/c17-11-5-3-10(4-6-11)9-20-14-12(8-18)16(22)21-13-2-1-7-19-15(13)14/h1-7H,9H2,(H2,20,21,22). The lowest BCUT2D eigenvalue weighted by Gasteiger charge is -2.10. The van der Waals surface area contributed by atoms with Gasteiger partial charge in [0.15, 0.2) is 0 Å². The molecule has 0 unspecified atom stereocenters. The monoisotopic (exact) mass is 310 g/mol. The second-order valence-electron chi connectivity index (χ2n) is 4.70. The van der Waals surface area contributed by atoms with Gasteiger partial charge in [-0.25, -0.2) is 0 Å². The molecule has 0 bridgehead atoms. The van der Waals surface area contributed by atoms with Crippen molar-refractivity contribution in [2.24, 2.45) is 0 Å². The Balaban J connectivity index is 2.03. The van der Waals surface area contributed by atoms with Crippen LogP contribution >= 0.6 is 11.6 Å². The minimum absolute atomic E-state index is 0.0279. The first-order valence-corrected chi connectivity index (χ1v) is 6.96. The molecular weight excluding hydrogens is 300 g/mol. The molecule has 6 heteroatoms. The molecule has 3 rings (SSSR count). The molecule has 0 aliphatic heterocycles. The zero-order chi connectivity index (χ0) is 15.5. The van der Waals surface area contributed by atoms with E-state index < -0.39 is 5.56 Å². The molecule has 3 aromatic rings. The first kappa shape index (κ1) is 14.1. The number of aromatic nitrogens is 2. The number of hydrogen-bond donors (Lipinski definition) is 2. The van der Waals surface area contributed by atoms with E-state index >= 15 is 0 Å². The predicted octanol–water partition coefficient (Wildman–Crippen LogP) is 3.06. The highest BCUT2D eigenvalue weighted by atomic mass is 35.5. The zero-order valence-corrected chi connectivity index (χ0v) is 12.2. The second-order valence-corrected chi connectivity index (χ2v) is 5.13. The molecule has 0 radical (unpaired) electrons. The van der Waals surface area contributed by atoms with Crippen molar-refractivity contribution in [1.82, 2.24) is 9.97 Å². The molecule has 0 atom stereocenters. The molecule has 1 aromatic carbocycles. The molecule has 0 aliphatic rings. The van der Waals surface area contributed by atoms with Crippen molar-refractivity contribution in [1.29, 1.82) is 5.26 Å². The normalized spacial score (nSPS) is 10.4. The van der Waals surface area contributed by atoms with Crippen LogP contribution in [0.1, 0.15) is 11.1 Å². The maximum Gasteiger partial charge on any atom is 0.268 e. The van der Waals surface area contributed by atoms with Crippen molar-refractivity contribution in [2.45, 2.75) is 6.54 Å². The van der Waals surface area contributed by atoms with Crippen LogP contribution in [0.2, 0.25) is 5.02 Å². The summed E-state index contributed by atoms with van der Waals surface area (Å²) in [4.78, 5) is 18.9. The van der Waals surface area contributed by atoms with Crippen LogP contribution in [-0.2, 0) is 6.54 Å². The van der Waals surface area contributed by atoms with E-state index in [0.717, 1.165) is 5.56 Å². The van der Waals surface area contributed by atoms with Gasteiger partial charge in [0.1, 0.15) is 17.1 Å². The average molecular weight is 311 g/mol. The van der Waals surface area contributed by atoms with Gasteiger partial charge in [0.05, 0.1) is 11.2 Å². The summed E-state index contributed by atoms with van der Waals surface area (Å²) in [7, 11) is 0. The van der Waals surface area contributed by atoms with E-state index in [-0.39, 0.29) is 5.56 Å². The molecule has 2 heterocycles. The Morgan fingerprint density at radius 3 is 2.77 bits per heavy atom. The number of aromatic amines is 1. The zero-order valence-electron chi connectivity index (χ0n) is 11.4. The van der Waals surface area contributed by atoms with Crippen molar-refractivity contribution >= 4 is 28.3 Å². The van der Waals surface area contributed by atoms with E-state index in [1.54, 1.807) is 30.5 Å². The van der Waals surface area contributed by atoms with Gasteiger partial charge in [-0.15, -0.1) is 0 Å². The number of nitriles is 1. The Bertz CT molecular complexity index is 926. The Hall–Kier alpha value is -2.84. The van der Waals surface area contributed by atoms with Gasteiger partial charge in [-0.3, -0.25) is 9.78 Å². The van der Waals surface area contributed by atoms with Gasteiger partial charge in [-0.05, 0) is 29.8 Å². The van der Waals surface area contributed by atoms with Crippen LogP contribution in [0.3, 0.4) is 0 Å². The summed E-state index contributed by atoms with van der Waals surface area (Å²) in [6.45, 7) is 0.459. The number of H-pyrrole nitrogens is 1. The van der Waals surface area contributed by atoms with Crippen LogP contribution < -0.4 is 10.9 Å². The summed E-state index contributed by atoms with van der Waals surface area (Å²) < 4.78 is 0. The van der Waals surface area contributed by atoms with Crippen LogP contribution in [0.25, 0.3) is 11.0 Å². The predicted molar refractivity (Wildman–Crippen MR) is 85.9 cm³/mol. The topological polar surface area (TPSA) is 81.6 Å². The number of rotatable bonds is 3. The molecule has 0 saturated heterocycles. The third-order valence-corrected chi connectivity index (χ3v) is 3.52. The maximum absolute atomic E-state index is 12.0. The third-order valence-electron chi connectivity index (χ3n) is 3.26. The molecule has 0 fully saturated rings. The SMILES string of the molecule is N#Cc1c(NCc2ccc(Cl)cc2)c2ncccc2[nH]c1=O. The van der Waals surface area contributed by atoms with E-state index in [4.69, 9.17) is 11.6 Å². The van der Waals surface area contributed by atoms with E-state index in [9.17, 15) is 10.1 Å². The molecule has 0 saturated carbocycles. The Morgan fingerprint density at radius 1 is 1.27 bits per heavy atom. The van der Waals surface area contributed by atoms with Crippen LogP contribution in [0.15, 0.2) is 47.4 Å². The van der Waals surface area contributed by atoms with E-state index in [2.05, 4.69) is 15.3 Å². The van der Waals surface area contributed by atoms with Crippen LogP contribution in [0.5, 0.6) is 0 Å². The van der Waals surface area contributed by atoms with Crippen LogP contribution in [-0.4, -0.2) is 9.97 Å². The molecular formula is C16H11ClN4O. The van der Waals surface area contributed by atoms with Gasteiger partial charge in [0, 0.05) is 17.8 Å². The highest BCUT2D eigenvalue weighted by Crippen LogP contribution is 2.22. The summed E-state index contributed by atoms with van der Waals surface area (Å²) in [6.07, 6.45) is 1.62. The summed E-state index contributed by atoms with van der Waals surface area (Å²) in [5.41, 5.74) is 2.17. The molecule has 22 heavy (non-hydrogen) atoms. The average Bonchev–Trinajstić information content (AvgIpc) is 2.53. The number of fused-ring (bicyclic) bond motifs is 1. The Labute approximate surface area is 131 Å². The van der Waals surface area contributed by atoms with E-state index in [1.807, 2.05) is 18.2 Å². The van der Waals surface area contributed by atoms with Crippen molar-refractivity contribution in [3.8, 4) is 6.07 Å². The summed E-state index contributed by atoms with van der Waals surface area (Å²) >= 11 is 5.86. The number of nitrogens with zero attached hydrogens (tertiary/aromatic N) is 2. The van der Waals surface area contributed by atoms with Crippen molar-refractivity contribution < 1.29 is 0 Å². The van der Waals surface area contributed by atoms with Crippen molar-refractivity contribution in [2.75, 3.05) is 5.32 Å². The van der Waals surface area contributed by atoms with Crippen LogP contribution in [0.4, 0.5) is 5.69 Å². The third kappa shape index (κ3) is 2.65. The number of pyridine rings is 2. The number of anilines is 1. The smallest absolute Gasteiger partial charge is 0.268 e. The maximum atomic E-state index is 12.0. The molecule has 2 aromatic heterocycles. The number of halogens is 1. The molecule has 5 nitrogen and oxygen atoms in total. The van der Waals surface area contributed by atoms with Gasteiger partial charge in [0.2, 0.25) is 0 Å². The fraction of sp³-hybridized carbons (Fsp3) is 0.0625. The summed E-state index contributed by atoms with van der Waals surface area (Å²) in [5.74, 6) is 0. The lowest BCUT2D eigenvalue weighted by atomic mass is 10.1. The molecule has 0 aliphatic carbocycles. The van der Waals surface area contributed by atoms with Gasteiger partial charge in [-0.1, -0.05) is 23.7 Å². The second kappa shape index (κ2) is 5.88. The first-order chi connectivity index (χ1) is 10.7. The van der Waals surface area contributed by atoms with E-state index in [1.165, 1.54) is 0 Å². The van der Waals surface area contributed by atoms with E-state index in [0.29, 0.717) is 28.3 Å².